The topological polar surface area (TPSA) is 0 Å². The van der Waals surface area contributed by atoms with Gasteiger partial charge in [-0.15, -0.1) is 25.0 Å². The van der Waals surface area contributed by atoms with Gasteiger partial charge in [0.05, 0.1) is 5.56 Å². The van der Waals surface area contributed by atoms with E-state index in [1.807, 2.05) is 0 Å². The summed E-state index contributed by atoms with van der Waals surface area (Å²) in [6.07, 6.45) is -4.27. The van der Waals surface area contributed by atoms with Crippen LogP contribution in [0, 0.1) is 0 Å². The second-order valence-corrected chi connectivity index (χ2v) is 2.56. The number of alkyl halides is 3. The Morgan fingerprint density at radius 2 is 1.75 bits per heavy atom. The van der Waals surface area contributed by atoms with Crippen molar-refractivity contribution in [2.45, 2.75) is 11.1 Å². The molecule has 1 aromatic carbocycles. The van der Waals surface area contributed by atoms with Crippen molar-refractivity contribution < 1.29 is 13.2 Å². The van der Waals surface area contributed by atoms with Gasteiger partial charge in [0, 0.05) is 4.90 Å². The molecule has 0 spiro atoms. The average molecular weight is 215 g/mol. The van der Waals surface area contributed by atoms with Crippen molar-refractivity contribution in [1.82, 2.24) is 0 Å². The van der Waals surface area contributed by atoms with E-state index in [-0.39, 0.29) is 12.4 Å². The zero-order chi connectivity index (χ0) is 8.48. The van der Waals surface area contributed by atoms with Crippen LogP contribution in [0.3, 0.4) is 0 Å². The van der Waals surface area contributed by atoms with Crippen molar-refractivity contribution in [3.8, 4) is 0 Å². The minimum atomic E-state index is -4.27. The molecular weight excluding hydrogens is 209 g/mol. The molecule has 0 nitrogen and oxygen atoms in total. The van der Waals surface area contributed by atoms with Gasteiger partial charge in [0.2, 0.25) is 0 Å². The molecule has 0 unspecified atom stereocenters. The number of hydrogen-bond donors (Lipinski definition) is 1. The number of thiol groups is 1. The molecular formula is C7H6ClF3S. The second-order valence-electron chi connectivity index (χ2n) is 2.05. The number of rotatable bonds is 0. The molecule has 0 fully saturated rings. The van der Waals surface area contributed by atoms with E-state index in [0.717, 1.165) is 12.1 Å². The van der Waals surface area contributed by atoms with Crippen LogP contribution >= 0.6 is 25.0 Å². The zero-order valence-electron chi connectivity index (χ0n) is 5.80. The van der Waals surface area contributed by atoms with Crippen LogP contribution in [0.15, 0.2) is 29.2 Å². The lowest BCUT2D eigenvalue weighted by Gasteiger charge is -2.05. The molecule has 0 aliphatic heterocycles. The summed E-state index contributed by atoms with van der Waals surface area (Å²) in [5.74, 6) is 0. The minimum absolute atomic E-state index is 0. The lowest BCUT2D eigenvalue weighted by molar-refractivity contribution is -0.137. The van der Waals surface area contributed by atoms with E-state index in [9.17, 15) is 13.2 Å². The van der Waals surface area contributed by atoms with E-state index in [0.29, 0.717) is 4.90 Å². The standard InChI is InChI=1S/C7H5F3S.ClH/c8-7(9,10)5-2-1-3-6(11)4-5;/h1-4,11H;1H. The van der Waals surface area contributed by atoms with Crippen LogP contribution in [0.1, 0.15) is 5.56 Å². The Morgan fingerprint density at radius 3 is 2.08 bits per heavy atom. The molecule has 12 heavy (non-hydrogen) atoms. The van der Waals surface area contributed by atoms with Crippen molar-refractivity contribution in [3.05, 3.63) is 29.8 Å². The summed E-state index contributed by atoms with van der Waals surface area (Å²) in [7, 11) is 0. The highest BCUT2D eigenvalue weighted by molar-refractivity contribution is 7.80. The van der Waals surface area contributed by atoms with Gasteiger partial charge in [0.15, 0.2) is 0 Å². The average Bonchev–Trinajstić information content (AvgIpc) is 1.86. The van der Waals surface area contributed by atoms with Gasteiger partial charge in [-0.1, -0.05) is 6.07 Å². The second kappa shape index (κ2) is 4.05. The van der Waals surface area contributed by atoms with Crippen molar-refractivity contribution in [2.24, 2.45) is 0 Å². The Hall–Kier alpha value is -0.350. The summed E-state index contributed by atoms with van der Waals surface area (Å²) in [6, 6.07) is 4.83. The highest BCUT2D eigenvalue weighted by Crippen LogP contribution is 2.29. The zero-order valence-corrected chi connectivity index (χ0v) is 7.51. The van der Waals surface area contributed by atoms with Crippen molar-refractivity contribution in [1.29, 1.82) is 0 Å². The first-order valence-electron chi connectivity index (χ1n) is 2.86. The van der Waals surface area contributed by atoms with Crippen molar-refractivity contribution in [2.75, 3.05) is 0 Å². The van der Waals surface area contributed by atoms with E-state index in [1.54, 1.807) is 0 Å². The van der Waals surface area contributed by atoms with Gasteiger partial charge in [-0.2, -0.15) is 13.2 Å². The SMILES string of the molecule is Cl.FC(F)(F)c1cccc(S)c1. The molecule has 0 aromatic heterocycles. The summed E-state index contributed by atoms with van der Waals surface area (Å²) in [6.45, 7) is 0. The third kappa shape index (κ3) is 2.95. The summed E-state index contributed by atoms with van der Waals surface area (Å²) in [4.78, 5) is 0.319. The number of halogens is 4. The number of hydrogen-bond acceptors (Lipinski definition) is 1. The lowest BCUT2D eigenvalue weighted by Crippen LogP contribution is -2.03. The van der Waals surface area contributed by atoms with E-state index >= 15 is 0 Å². The molecule has 0 bridgehead atoms. The van der Waals surface area contributed by atoms with Crippen LogP contribution in [-0.2, 0) is 6.18 Å². The van der Waals surface area contributed by atoms with Gasteiger partial charge in [-0.3, -0.25) is 0 Å². The van der Waals surface area contributed by atoms with Crippen LogP contribution < -0.4 is 0 Å². The highest BCUT2D eigenvalue weighted by atomic mass is 35.5. The molecule has 0 saturated carbocycles. The van der Waals surface area contributed by atoms with Crippen LogP contribution in [0.4, 0.5) is 13.2 Å². The third-order valence-corrected chi connectivity index (χ3v) is 1.45. The Labute approximate surface area is 79.6 Å². The summed E-state index contributed by atoms with van der Waals surface area (Å²) in [5.41, 5.74) is -0.662. The van der Waals surface area contributed by atoms with Crippen LogP contribution in [-0.4, -0.2) is 0 Å². The summed E-state index contributed by atoms with van der Waals surface area (Å²) in [5, 5.41) is 0. The molecule has 0 heterocycles. The fourth-order valence-electron chi connectivity index (χ4n) is 0.682. The van der Waals surface area contributed by atoms with Crippen LogP contribution in [0.5, 0.6) is 0 Å². The van der Waals surface area contributed by atoms with Crippen LogP contribution in [0.2, 0.25) is 0 Å². The first kappa shape index (κ1) is 11.6. The van der Waals surface area contributed by atoms with Gasteiger partial charge >= 0.3 is 6.18 Å². The third-order valence-electron chi connectivity index (χ3n) is 1.17. The highest BCUT2D eigenvalue weighted by Gasteiger charge is 2.29. The fraction of sp³-hybridized carbons (Fsp3) is 0.143. The van der Waals surface area contributed by atoms with Crippen molar-refractivity contribution >= 4 is 25.0 Å². The maximum Gasteiger partial charge on any atom is 0.416 e. The molecule has 0 N–H and O–H groups in total. The van der Waals surface area contributed by atoms with E-state index in [1.165, 1.54) is 12.1 Å². The predicted molar refractivity (Wildman–Crippen MR) is 45.9 cm³/mol. The van der Waals surface area contributed by atoms with Crippen LogP contribution in [0.25, 0.3) is 0 Å². The summed E-state index contributed by atoms with van der Waals surface area (Å²) >= 11 is 3.79. The molecule has 0 atom stereocenters. The van der Waals surface area contributed by atoms with E-state index < -0.39 is 11.7 Å². The Bertz CT molecular complexity index is 259. The Kier molecular flexibility index (Phi) is 3.93. The monoisotopic (exact) mass is 214 g/mol. The first-order valence-corrected chi connectivity index (χ1v) is 3.31. The molecule has 0 saturated heterocycles. The molecule has 0 amide bonds. The summed E-state index contributed by atoms with van der Waals surface area (Å²) < 4.78 is 35.8. The van der Waals surface area contributed by atoms with Gasteiger partial charge in [0.25, 0.3) is 0 Å². The van der Waals surface area contributed by atoms with Gasteiger partial charge < -0.3 is 0 Å². The molecule has 1 rings (SSSR count). The molecule has 0 aliphatic carbocycles. The molecule has 5 heteroatoms. The van der Waals surface area contributed by atoms with Crippen molar-refractivity contribution in [3.63, 3.8) is 0 Å². The van der Waals surface area contributed by atoms with Gasteiger partial charge in [-0.25, -0.2) is 0 Å². The maximum atomic E-state index is 11.9. The van der Waals surface area contributed by atoms with Gasteiger partial charge in [0.1, 0.15) is 0 Å². The lowest BCUT2D eigenvalue weighted by atomic mass is 10.2. The minimum Gasteiger partial charge on any atom is -0.166 e. The van der Waals surface area contributed by atoms with Gasteiger partial charge in [-0.05, 0) is 18.2 Å². The molecule has 1 aromatic rings. The Balaban J connectivity index is 0.00000121. The molecule has 0 radical (unpaired) electrons. The molecule has 0 aliphatic rings. The predicted octanol–water partition coefficient (Wildman–Crippen LogP) is 3.42. The Morgan fingerprint density at radius 1 is 1.17 bits per heavy atom. The first-order chi connectivity index (χ1) is 5.00. The fourth-order valence-corrected chi connectivity index (χ4v) is 0.907. The smallest absolute Gasteiger partial charge is 0.166 e. The van der Waals surface area contributed by atoms with E-state index in [2.05, 4.69) is 12.6 Å². The number of benzene rings is 1. The normalized spacial score (nSPS) is 10.7. The van der Waals surface area contributed by atoms with E-state index in [4.69, 9.17) is 0 Å². The molecule has 68 valence electrons. The quantitative estimate of drug-likeness (QED) is 0.629. The largest absolute Gasteiger partial charge is 0.416 e. The maximum absolute atomic E-state index is 11.9.